The molecule has 8 nitrogen and oxygen atoms in total. The van der Waals surface area contributed by atoms with Gasteiger partial charge < -0.3 is 16.4 Å². The topological polar surface area (TPSA) is 115 Å². The van der Waals surface area contributed by atoms with Gasteiger partial charge in [0.15, 0.2) is 11.5 Å². The van der Waals surface area contributed by atoms with Gasteiger partial charge in [0.1, 0.15) is 6.54 Å². The Morgan fingerprint density at radius 2 is 1.83 bits per heavy atom. The number of para-hydroxylation sites is 1. The summed E-state index contributed by atoms with van der Waals surface area (Å²) in [6.45, 7) is 5.83. The summed E-state index contributed by atoms with van der Waals surface area (Å²) < 4.78 is 1.21. The quantitative estimate of drug-likeness (QED) is 0.597. The molecule has 0 atom stereocenters. The summed E-state index contributed by atoms with van der Waals surface area (Å²) in [7, 11) is 0. The van der Waals surface area contributed by atoms with Crippen LogP contribution < -0.4 is 16.4 Å². The van der Waals surface area contributed by atoms with E-state index in [1.807, 2.05) is 57.2 Å². The Balaban J connectivity index is 1.69. The Labute approximate surface area is 169 Å². The van der Waals surface area contributed by atoms with E-state index in [0.717, 1.165) is 28.8 Å². The van der Waals surface area contributed by atoms with Crippen LogP contribution in [0.5, 0.6) is 0 Å². The first-order valence-electron chi connectivity index (χ1n) is 9.34. The number of amides is 2. The molecule has 0 saturated carbocycles. The summed E-state index contributed by atoms with van der Waals surface area (Å²) in [5.74, 6) is -0.748. The molecule has 0 aliphatic heterocycles. The molecule has 2 amide bonds. The van der Waals surface area contributed by atoms with E-state index in [-0.39, 0.29) is 24.0 Å². The molecular formula is C21H24N6O2. The second-order valence-electron chi connectivity index (χ2n) is 6.79. The predicted molar refractivity (Wildman–Crippen MR) is 113 cm³/mol. The number of benzene rings is 2. The van der Waals surface area contributed by atoms with Crippen molar-refractivity contribution in [1.29, 1.82) is 0 Å². The van der Waals surface area contributed by atoms with Gasteiger partial charge in [0.25, 0.3) is 5.91 Å². The molecule has 150 valence electrons. The van der Waals surface area contributed by atoms with Crippen LogP contribution >= 0.6 is 0 Å². The summed E-state index contributed by atoms with van der Waals surface area (Å²) in [6, 6.07) is 13.2. The molecule has 0 bridgehead atoms. The van der Waals surface area contributed by atoms with Gasteiger partial charge in [0.2, 0.25) is 5.91 Å². The number of carbonyl (C=O) groups is 2. The van der Waals surface area contributed by atoms with Crippen molar-refractivity contribution in [2.24, 2.45) is 0 Å². The Kier molecular flexibility index (Phi) is 5.92. The average molecular weight is 392 g/mol. The number of hydrogen-bond donors (Lipinski definition) is 3. The summed E-state index contributed by atoms with van der Waals surface area (Å²) in [5, 5.41) is 13.3. The third-order valence-corrected chi connectivity index (χ3v) is 4.72. The molecule has 29 heavy (non-hydrogen) atoms. The number of nitrogens with zero attached hydrogens (tertiary/aromatic N) is 3. The number of carbonyl (C=O) groups excluding carboxylic acids is 2. The number of nitrogens with one attached hydrogen (secondary N) is 2. The number of nitrogen functional groups attached to an aromatic ring is 1. The van der Waals surface area contributed by atoms with Gasteiger partial charge in [-0.2, -0.15) is 0 Å². The molecule has 3 aromatic rings. The number of hydrogen-bond acceptors (Lipinski definition) is 5. The van der Waals surface area contributed by atoms with Gasteiger partial charge in [0, 0.05) is 11.4 Å². The second-order valence-corrected chi connectivity index (χ2v) is 6.79. The third kappa shape index (κ3) is 4.60. The van der Waals surface area contributed by atoms with Crippen LogP contribution in [0.3, 0.4) is 0 Å². The van der Waals surface area contributed by atoms with Crippen molar-refractivity contribution < 1.29 is 9.59 Å². The lowest BCUT2D eigenvalue weighted by Gasteiger charge is -2.10. The van der Waals surface area contributed by atoms with E-state index in [9.17, 15) is 9.59 Å². The van der Waals surface area contributed by atoms with Gasteiger partial charge in [0.05, 0.1) is 0 Å². The molecule has 1 aromatic heterocycles. The lowest BCUT2D eigenvalue weighted by Crippen LogP contribution is -2.22. The Morgan fingerprint density at radius 3 is 2.55 bits per heavy atom. The monoisotopic (exact) mass is 392 g/mol. The molecule has 0 spiro atoms. The maximum Gasteiger partial charge on any atom is 0.280 e. The van der Waals surface area contributed by atoms with E-state index >= 15 is 0 Å². The standard InChI is InChI=1S/C21H24N6O2/c1-4-15-7-5-6-8-17(15)24-18(28)12-27-20(22)19(25-26-27)21(29)23-16-10-9-13(2)14(3)11-16/h5-11H,4,12,22H2,1-3H3,(H,23,29)(H,24,28). The summed E-state index contributed by atoms with van der Waals surface area (Å²) in [6.07, 6.45) is 0.796. The van der Waals surface area contributed by atoms with Crippen molar-refractivity contribution in [3.05, 3.63) is 64.8 Å². The fraction of sp³-hybridized carbons (Fsp3) is 0.238. The van der Waals surface area contributed by atoms with E-state index in [0.29, 0.717) is 5.69 Å². The lowest BCUT2D eigenvalue weighted by atomic mass is 10.1. The molecule has 0 fully saturated rings. The van der Waals surface area contributed by atoms with E-state index < -0.39 is 5.91 Å². The van der Waals surface area contributed by atoms with Crippen molar-refractivity contribution in [2.75, 3.05) is 16.4 Å². The molecule has 4 N–H and O–H groups in total. The number of anilines is 3. The fourth-order valence-corrected chi connectivity index (χ4v) is 2.88. The Morgan fingerprint density at radius 1 is 1.07 bits per heavy atom. The molecule has 0 aliphatic rings. The maximum absolute atomic E-state index is 12.5. The van der Waals surface area contributed by atoms with Gasteiger partial charge in [-0.05, 0) is 55.2 Å². The Hall–Kier alpha value is -3.68. The molecular weight excluding hydrogens is 368 g/mol. The van der Waals surface area contributed by atoms with Crippen molar-refractivity contribution in [3.63, 3.8) is 0 Å². The van der Waals surface area contributed by atoms with Gasteiger partial charge in [-0.25, -0.2) is 4.68 Å². The first kappa shape index (κ1) is 20.1. The predicted octanol–water partition coefficient (Wildman–Crippen LogP) is 2.93. The molecule has 0 aliphatic carbocycles. The van der Waals surface area contributed by atoms with Gasteiger partial charge >= 0.3 is 0 Å². The molecule has 0 radical (unpaired) electrons. The summed E-state index contributed by atoms with van der Waals surface area (Å²) in [5.41, 5.74) is 10.6. The minimum atomic E-state index is -0.478. The summed E-state index contributed by atoms with van der Waals surface area (Å²) >= 11 is 0. The first-order chi connectivity index (χ1) is 13.9. The lowest BCUT2D eigenvalue weighted by molar-refractivity contribution is -0.116. The highest BCUT2D eigenvalue weighted by Gasteiger charge is 2.19. The van der Waals surface area contributed by atoms with E-state index in [2.05, 4.69) is 20.9 Å². The largest absolute Gasteiger partial charge is 0.382 e. The van der Waals surface area contributed by atoms with Crippen molar-refractivity contribution in [1.82, 2.24) is 15.0 Å². The van der Waals surface area contributed by atoms with E-state index in [4.69, 9.17) is 5.73 Å². The SMILES string of the molecule is CCc1ccccc1NC(=O)Cn1nnc(C(=O)Nc2ccc(C)c(C)c2)c1N. The Bertz CT molecular complexity index is 1060. The molecule has 8 heteroatoms. The third-order valence-electron chi connectivity index (χ3n) is 4.72. The van der Waals surface area contributed by atoms with Crippen LogP contribution in [-0.4, -0.2) is 26.8 Å². The van der Waals surface area contributed by atoms with Crippen LogP contribution in [0, 0.1) is 13.8 Å². The molecule has 3 rings (SSSR count). The molecule has 0 saturated heterocycles. The van der Waals surface area contributed by atoms with Gasteiger partial charge in [-0.15, -0.1) is 5.10 Å². The maximum atomic E-state index is 12.5. The normalized spacial score (nSPS) is 10.6. The second kappa shape index (κ2) is 8.55. The van der Waals surface area contributed by atoms with Gasteiger partial charge in [-0.3, -0.25) is 9.59 Å². The molecule has 1 heterocycles. The van der Waals surface area contributed by atoms with Crippen LogP contribution in [-0.2, 0) is 17.8 Å². The number of nitrogens with two attached hydrogens (primary N) is 1. The minimum Gasteiger partial charge on any atom is -0.382 e. The highest BCUT2D eigenvalue weighted by Crippen LogP contribution is 2.18. The van der Waals surface area contributed by atoms with Crippen LogP contribution in [0.25, 0.3) is 0 Å². The van der Waals surface area contributed by atoms with Crippen molar-refractivity contribution in [2.45, 2.75) is 33.7 Å². The molecule has 2 aromatic carbocycles. The highest BCUT2D eigenvalue weighted by atomic mass is 16.2. The van der Waals surface area contributed by atoms with E-state index in [1.54, 1.807) is 6.07 Å². The van der Waals surface area contributed by atoms with E-state index in [1.165, 1.54) is 4.68 Å². The van der Waals surface area contributed by atoms with Gasteiger partial charge in [-0.1, -0.05) is 36.4 Å². The van der Waals surface area contributed by atoms with Crippen LogP contribution in [0.15, 0.2) is 42.5 Å². The zero-order valence-corrected chi connectivity index (χ0v) is 16.7. The summed E-state index contributed by atoms with van der Waals surface area (Å²) in [4.78, 5) is 24.9. The van der Waals surface area contributed by atoms with Crippen LogP contribution in [0.1, 0.15) is 34.1 Å². The average Bonchev–Trinajstić information content (AvgIpc) is 3.05. The molecule has 0 unspecified atom stereocenters. The minimum absolute atomic E-state index is 0.0232. The van der Waals surface area contributed by atoms with Crippen LogP contribution in [0.4, 0.5) is 17.2 Å². The number of rotatable bonds is 6. The smallest absolute Gasteiger partial charge is 0.280 e. The highest BCUT2D eigenvalue weighted by molar-refractivity contribution is 6.05. The fourth-order valence-electron chi connectivity index (χ4n) is 2.88. The van der Waals surface area contributed by atoms with Crippen LogP contribution in [0.2, 0.25) is 0 Å². The first-order valence-corrected chi connectivity index (χ1v) is 9.34. The van der Waals surface area contributed by atoms with Crippen molar-refractivity contribution >= 4 is 29.0 Å². The number of aryl methyl sites for hydroxylation is 3. The zero-order chi connectivity index (χ0) is 21.0. The number of aromatic nitrogens is 3. The zero-order valence-electron chi connectivity index (χ0n) is 16.7. The van der Waals surface area contributed by atoms with Crippen molar-refractivity contribution in [3.8, 4) is 0 Å².